The first-order chi connectivity index (χ1) is 13.0. The Morgan fingerprint density at radius 2 is 1.89 bits per heavy atom. The van der Waals surface area contributed by atoms with E-state index >= 15 is 0 Å². The van der Waals surface area contributed by atoms with E-state index in [-0.39, 0.29) is 18.1 Å². The molecule has 3 aromatic rings. The van der Waals surface area contributed by atoms with Gasteiger partial charge in [-0.05, 0) is 43.2 Å². The van der Waals surface area contributed by atoms with E-state index in [9.17, 15) is 9.59 Å². The minimum atomic E-state index is -0.301. The molecule has 2 aromatic carbocycles. The third-order valence-electron chi connectivity index (χ3n) is 4.46. The number of fused-ring (bicyclic) bond motifs is 1. The molecule has 0 atom stereocenters. The van der Waals surface area contributed by atoms with Crippen LogP contribution in [0.5, 0.6) is 11.5 Å². The molecule has 0 saturated heterocycles. The smallest absolute Gasteiger partial charge is 0.262 e. The fraction of sp³-hybridized carbons (Fsp3) is 0.238. The highest BCUT2D eigenvalue weighted by Crippen LogP contribution is 2.26. The molecule has 140 valence electrons. The van der Waals surface area contributed by atoms with Gasteiger partial charge in [0.25, 0.3) is 11.5 Å². The van der Waals surface area contributed by atoms with Gasteiger partial charge in [0.15, 0.2) is 18.1 Å². The lowest BCUT2D eigenvalue weighted by atomic mass is 10.0. The van der Waals surface area contributed by atoms with E-state index in [1.54, 1.807) is 25.3 Å². The molecule has 0 bridgehead atoms. The maximum atomic E-state index is 12.2. The van der Waals surface area contributed by atoms with Crippen molar-refractivity contribution in [1.29, 1.82) is 0 Å². The highest BCUT2D eigenvalue weighted by atomic mass is 16.5. The molecule has 0 spiro atoms. The largest absolute Gasteiger partial charge is 0.493 e. The Morgan fingerprint density at radius 1 is 1.15 bits per heavy atom. The Hall–Kier alpha value is -3.28. The van der Waals surface area contributed by atoms with Crippen molar-refractivity contribution in [2.75, 3.05) is 19.0 Å². The lowest BCUT2D eigenvalue weighted by Gasteiger charge is -2.12. The molecule has 0 aliphatic rings. The summed E-state index contributed by atoms with van der Waals surface area (Å²) in [6, 6.07) is 12.6. The Bertz CT molecular complexity index is 1040. The second-order valence-corrected chi connectivity index (χ2v) is 6.16. The summed E-state index contributed by atoms with van der Waals surface area (Å²) in [5, 5.41) is 3.75. The Labute approximate surface area is 157 Å². The number of carbonyl (C=O) groups is 1. The summed E-state index contributed by atoms with van der Waals surface area (Å²) in [6.45, 7) is 3.75. The number of aromatic amines is 1. The van der Waals surface area contributed by atoms with Crippen LogP contribution in [0.3, 0.4) is 0 Å². The number of aryl methyl sites for hydroxylation is 1. The van der Waals surface area contributed by atoms with Gasteiger partial charge in [-0.1, -0.05) is 25.1 Å². The monoisotopic (exact) mass is 366 g/mol. The molecule has 0 unspecified atom stereocenters. The van der Waals surface area contributed by atoms with Crippen molar-refractivity contribution in [3.8, 4) is 11.5 Å². The normalized spacial score (nSPS) is 10.6. The number of nitrogens with one attached hydrogen (secondary N) is 2. The number of para-hydroxylation sites is 2. The van der Waals surface area contributed by atoms with E-state index < -0.39 is 0 Å². The summed E-state index contributed by atoms with van der Waals surface area (Å²) in [5.74, 6) is 0.765. The first-order valence-corrected chi connectivity index (χ1v) is 8.74. The van der Waals surface area contributed by atoms with Crippen LogP contribution >= 0.6 is 0 Å². The first-order valence-electron chi connectivity index (χ1n) is 8.74. The maximum Gasteiger partial charge on any atom is 0.262 e. The SMILES string of the molecule is CCc1c(C)c2ccc(NC(=O)COc3ccccc3OC)cc2[nH]c1=O. The third kappa shape index (κ3) is 3.95. The van der Waals surface area contributed by atoms with E-state index in [0.29, 0.717) is 29.1 Å². The summed E-state index contributed by atoms with van der Waals surface area (Å²) >= 11 is 0. The van der Waals surface area contributed by atoms with E-state index in [1.807, 2.05) is 38.1 Å². The van der Waals surface area contributed by atoms with Crippen LogP contribution < -0.4 is 20.3 Å². The van der Waals surface area contributed by atoms with Crippen LogP contribution in [0.25, 0.3) is 10.9 Å². The van der Waals surface area contributed by atoms with E-state index in [2.05, 4.69) is 10.3 Å². The molecular weight excluding hydrogens is 344 g/mol. The van der Waals surface area contributed by atoms with Crippen LogP contribution in [0.1, 0.15) is 18.1 Å². The predicted octanol–water partition coefficient (Wildman–Crippen LogP) is 3.43. The molecule has 0 saturated carbocycles. The maximum absolute atomic E-state index is 12.2. The van der Waals surface area contributed by atoms with Gasteiger partial charge < -0.3 is 19.8 Å². The third-order valence-corrected chi connectivity index (χ3v) is 4.46. The number of anilines is 1. The predicted molar refractivity (Wildman–Crippen MR) is 106 cm³/mol. The molecule has 27 heavy (non-hydrogen) atoms. The van der Waals surface area contributed by atoms with Crippen LogP contribution in [0, 0.1) is 6.92 Å². The molecule has 0 aliphatic heterocycles. The molecule has 2 N–H and O–H groups in total. The zero-order chi connectivity index (χ0) is 19.4. The number of H-pyrrole nitrogens is 1. The van der Waals surface area contributed by atoms with Gasteiger partial charge in [-0.2, -0.15) is 0 Å². The molecule has 0 radical (unpaired) electrons. The lowest BCUT2D eigenvalue weighted by Crippen LogP contribution is -2.20. The molecular formula is C21H22N2O4. The van der Waals surface area contributed by atoms with Crippen LogP contribution in [0.4, 0.5) is 5.69 Å². The van der Waals surface area contributed by atoms with Crippen molar-refractivity contribution in [1.82, 2.24) is 4.98 Å². The second kappa shape index (κ2) is 7.95. The van der Waals surface area contributed by atoms with Crippen molar-refractivity contribution in [3.05, 3.63) is 63.9 Å². The van der Waals surface area contributed by atoms with Gasteiger partial charge in [-0.15, -0.1) is 0 Å². The summed E-state index contributed by atoms with van der Waals surface area (Å²) in [4.78, 5) is 27.3. The quantitative estimate of drug-likeness (QED) is 0.700. The molecule has 3 rings (SSSR count). The number of amides is 1. The van der Waals surface area contributed by atoms with Crippen LogP contribution in [-0.4, -0.2) is 24.6 Å². The van der Waals surface area contributed by atoms with Crippen LogP contribution in [0.2, 0.25) is 0 Å². The number of methoxy groups -OCH3 is 1. The van der Waals surface area contributed by atoms with Crippen molar-refractivity contribution in [2.45, 2.75) is 20.3 Å². The van der Waals surface area contributed by atoms with E-state index in [0.717, 1.165) is 16.5 Å². The van der Waals surface area contributed by atoms with Gasteiger partial charge in [0.2, 0.25) is 0 Å². The topological polar surface area (TPSA) is 80.4 Å². The summed E-state index contributed by atoms with van der Waals surface area (Å²) < 4.78 is 10.7. The fourth-order valence-electron chi connectivity index (χ4n) is 3.09. The number of hydrogen-bond acceptors (Lipinski definition) is 4. The number of hydrogen-bond donors (Lipinski definition) is 2. The standard InChI is InChI=1S/C21H22N2O4/c1-4-15-13(2)16-10-9-14(11-17(16)23-21(15)25)22-20(24)12-27-19-8-6-5-7-18(19)26-3/h5-11H,4,12H2,1-3H3,(H,22,24)(H,23,25). The lowest BCUT2D eigenvalue weighted by molar-refractivity contribution is -0.118. The molecule has 0 aliphatic carbocycles. The highest BCUT2D eigenvalue weighted by Gasteiger charge is 2.10. The number of benzene rings is 2. The second-order valence-electron chi connectivity index (χ2n) is 6.16. The van der Waals surface area contributed by atoms with Gasteiger partial charge in [0.1, 0.15) is 0 Å². The number of ether oxygens (including phenoxy) is 2. The van der Waals surface area contributed by atoms with Gasteiger partial charge >= 0.3 is 0 Å². The molecule has 1 aromatic heterocycles. The van der Waals surface area contributed by atoms with E-state index in [4.69, 9.17) is 9.47 Å². The van der Waals surface area contributed by atoms with Crippen LogP contribution in [0.15, 0.2) is 47.3 Å². The minimum absolute atomic E-state index is 0.0921. The molecule has 6 nitrogen and oxygen atoms in total. The Kier molecular flexibility index (Phi) is 5.45. The highest BCUT2D eigenvalue weighted by molar-refractivity contribution is 5.95. The molecule has 1 heterocycles. The summed E-state index contributed by atoms with van der Waals surface area (Å²) in [7, 11) is 1.55. The van der Waals surface area contributed by atoms with Crippen molar-refractivity contribution in [3.63, 3.8) is 0 Å². The summed E-state index contributed by atoms with van der Waals surface area (Å²) in [5.41, 5.74) is 2.94. The number of rotatable bonds is 6. The van der Waals surface area contributed by atoms with Crippen molar-refractivity contribution < 1.29 is 14.3 Å². The number of pyridine rings is 1. The van der Waals surface area contributed by atoms with Gasteiger partial charge in [-0.3, -0.25) is 9.59 Å². The Morgan fingerprint density at radius 3 is 2.59 bits per heavy atom. The molecule has 0 fully saturated rings. The average Bonchev–Trinajstić information content (AvgIpc) is 2.66. The zero-order valence-corrected chi connectivity index (χ0v) is 15.6. The average molecular weight is 366 g/mol. The molecule has 6 heteroatoms. The molecule has 1 amide bonds. The van der Waals surface area contributed by atoms with E-state index in [1.165, 1.54) is 0 Å². The van der Waals surface area contributed by atoms with Gasteiger partial charge in [0, 0.05) is 16.6 Å². The number of aromatic nitrogens is 1. The van der Waals surface area contributed by atoms with Crippen molar-refractivity contribution >= 4 is 22.5 Å². The minimum Gasteiger partial charge on any atom is -0.493 e. The summed E-state index contributed by atoms with van der Waals surface area (Å²) in [6.07, 6.45) is 0.676. The Balaban J connectivity index is 1.74. The first kappa shape index (κ1) is 18.5. The van der Waals surface area contributed by atoms with Gasteiger partial charge in [0.05, 0.1) is 12.6 Å². The number of carbonyl (C=O) groups excluding carboxylic acids is 1. The zero-order valence-electron chi connectivity index (χ0n) is 15.6. The van der Waals surface area contributed by atoms with Crippen LogP contribution in [-0.2, 0) is 11.2 Å². The van der Waals surface area contributed by atoms with Crippen molar-refractivity contribution in [2.24, 2.45) is 0 Å². The fourth-order valence-corrected chi connectivity index (χ4v) is 3.09. The van der Waals surface area contributed by atoms with Gasteiger partial charge in [-0.25, -0.2) is 0 Å².